The lowest BCUT2D eigenvalue weighted by atomic mass is 10.2. The molecule has 1 saturated heterocycles. The second-order valence-corrected chi connectivity index (χ2v) is 4.79. The standard InChI is InChI=1S/C15H15FN2O2/c16-12-6-5-11(18-7-1-2-8-18)10-13(12)17-15(19)14-4-3-9-20-14/h3-6,9-10H,1-2,7-8H2,(H,17,19). The molecule has 0 atom stereocenters. The average Bonchev–Trinajstić information content (AvgIpc) is 3.14. The van der Waals surface area contributed by atoms with Gasteiger partial charge in [0.1, 0.15) is 5.82 Å². The monoisotopic (exact) mass is 274 g/mol. The van der Waals surface area contributed by atoms with Crippen LogP contribution in [0.1, 0.15) is 23.4 Å². The Kier molecular flexibility index (Phi) is 3.41. The van der Waals surface area contributed by atoms with E-state index in [2.05, 4.69) is 10.2 Å². The first-order valence-electron chi connectivity index (χ1n) is 6.63. The van der Waals surface area contributed by atoms with E-state index in [0.29, 0.717) is 0 Å². The lowest BCUT2D eigenvalue weighted by Crippen LogP contribution is -2.18. The SMILES string of the molecule is O=C(Nc1cc(N2CCCC2)ccc1F)c1ccco1. The molecule has 2 heterocycles. The van der Waals surface area contributed by atoms with Gasteiger partial charge in [-0.1, -0.05) is 0 Å². The van der Waals surface area contributed by atoms with Crippen LogP contribution in [0.5, 0.6) is 0 Å². The smallest absolute Gasteiger partial charge is 0.291 e. The summed E-state index contributed by atoms with van der Waals surface area (Å²) < 4.78 is 18.8. The van der Waals surface area contributed by atoms with Gasteiger partial charge in [-0.3, -0.25) is 4.79 Å². The zero-order chi connectivity index (χ0) is 13.9. The first-order chi connectivity index (χ1) is 9.74. The molecular formula is C15H15FN2O2. The minimum absolute atomic E-state index is 0.163. The number of benzene rings is 1. The first-order valence-corrected chi connectivity index (χ1v) is 6.63. The quantitative estimate of drug-likeness (QED) is 0.934. The highest BCUT2D eigenvalue weighted by molar-refractivity contribution is 6.02. The molecule has 1 aliphatic rings. The van der Waals surface area contributed by atoms with Gasteiger partial charge >= 0.3 is 0 Å². The third-order valence-corrected chi connectivity index (χ3v) is 3.41. The largest absolute Gasteiger partial charge is 0.459 e. The highest BCUT2D eigenvalue weighted by Gasteiger charge is 2.16. The lowest BCUT2D eigenvalue weighted by molar-refractivity contribution is 0.0996. The molecule has 0 bridgehead atoms. The number of rotatable bonds is 3. The Bertz CT molecular complexity index is 604. The van der Waals surface area contributed by atoms with E-state index in [-0.39, 0.29) is 11.4 Å². The zero-order valence-corrected chi connectivity index (χ0v) is 10.9. The van der Waals surface area contributed by atoms with E-state index in [1.165, 1.54) is 18.4 Å². The third-order valence-electron chi connectivity index (χ3n) is 3.41. The summed E-state index contributed by atoms with van der Waals surface area (Å²) in [7, 11) is 0. The van der Waals surface area contributed by atoms with Crippen molar-refractivity contribution >= 4 is 17.3 Å². The molecule has 1 amide bonds. The molecule has 1 aromatic carbocycles. The van der Waals surface area contributed by atoms with Crippen LogP contribution >= 0.6 is 0 Å². The van der Waals surface area contributed by atoms with Gasteiger partial charge in [-0.2, -0.15) is 0 Å². The summed E-state index contributed by atoms with van der Waals surface area (Å²) in [6.45, 7) is 1.94. The predicted octanol–water partition coefficient (Wildman–Crippen LogP) is 3.27. The van der Waals surface area contributed by atoms with E-state index in [4.69, 9.17) is 4.42 Å². The van der Waals surface area contributed by atoms with Crippen LogP contribution in [0.15, 0.2) is 41.0 Å². The third kappa shape index (κ3) is 2.52. The molecular weight excluding hydrogens is 259 g/mol. The number of nitrogens with zero attached hydrogens (tertiary/aromatic N) is 1. The molecule has 0 spiro atoms. The van der Waals surface area contributed by atoms with Crippen molar-refractivity contribution in [3.63, 3.8) is 0 Å². The molecule has 1 N–H and O–H groups in total. The van der Waals surface area contributed by atoms with Crippen molar-refractivity contribution in [1.29, 1.82) is 0 Å². The van der Waals surface area contributed by atoms with E-state index >= 15 is 0 Å². The molecule has 0 radical (unpaired) electrons. The van der Waals surface area contributed by atoms with Crippen molar-refractivity contribution in [2.24, 2.45) is 0 Å². The fourth-order valence-corrected chi connectivity index (χ4v) is 2.37. The normalized spacial score (nSPS) is 14.6. The van der Waals surface area contributed by atoms with Crippen LogP contribution in [0, 0.1) is 5.82 Å². The molecule has 1 aromatic heterocycles. The summed E-state index contributed by atoms with van der Waals surface area (Å²) >= 11 is 0. The van der Waals surface area contributed by atoms with Gasteiger partial charge in [-0.15, -0.1) is 0 Å². The Labute approximate surface area is 116 Å². The van der Waals surface area contributed by atoms with Gasteiger partial charge in [0.15, 0.2) is 5.76 Å². The number of amides is 1. The summed E-state index contributed by atoms with van der Waals surface area (Å²) in [5, 5.41) is 2.54. The molecule has 5 heteroatoms. The second kappa shape index (κ2) is 5.36. The molecule has 0 aliphatic carbocycles. The molecule has 1 aliphatic heterocycles. The van der Waals surface area contributed by atoms with Gasteiger partial charge in [-0.25, -0.2) is 4.39 Å². The van der Waals surface area contributed by atoms with Crippen LogP contribution < -0.4 is 10.2 Å². The van der Waals surface area contributed by atoms with E-state index in [9.17, 15) is 9.18 Å². The summed E-state index contributed by atoms with van der Waals surface area (Å²) in [5.74, 6) is -0.740. The number of hydrogen-bond donors (Lipinski definition) is 1. The minimum atomic E-state index is -0.451. The van der Waals surface area contributed by atoms with Gasteiger partial charge in [0, 0.05) is 18.8 Å². The van der Waals surface area contributed by atoms with Gasteiger partial charge < -0.3 is 14.6 Å². The molecule has 2 aromatic rings. The molecule has 0 saturated carbocycles. The summed E-state index contributed by atoms with van der Waals surface area (Å²) in [6.07, 6.45) is 3.70. The van der Waals surface area contributed by atoms with E-state index in [1.54, 1.807) is 18.2 Å². The van der Waals surface area contributed by atoms with Gasteiger partial charge in [0.05, 0.1) is 12.0 Å². The Hall–Kier alpha value is -2.30. The van der Waals surface area contributed by atoms with Crippen molar-refractivity contribution in [3.8, 4) is 0 Å². The number of halogens is 1. The fourth-order valence-electron chi connectivity index (χ4n) is 2.37. The molecule has 0 unspecified atom stereocenters. The highest BCUT2D eigenvalue weighted by Crippen LogP contribution is 2.26. The minimum Gasteiger partial charge on any atom is -0.459 e. The maximum Gasteiger partial charge on any atom is 0.291 e. The van der Waals surface area contributed by atoms with Gasteiger partial charge in [0.25, 0.3) is 5.91 Å². The van der Waals surface area contributed by atoms with Gasteiger partial charge in [0.2, 0.25) is 0 Å². The molecule has 3 rings (SSSR count). The maximum absolute atomic E-state index is 13.8. The number of hydrogen-bond acceptors (Lipinski definition) is 3. The van der Waals surface area contributed by atoms with Crippen LogP contribution in [-0.2, 0) is 0 Å². The van der Waals surface area contributed by atoms with Crippen LogP contribution in [-0.4, -0.2) is 19.0 Å². The van der Waals surface area contributed by atoms with E-state index in [1.807, 2.05) is 0 Å². The summed E-state index contributed by atoms with van der Waals surface area (Å²) in [6, 6.07) is 7.94. The zero-order valence-electron chi connectivity index (χ0n) is 10.9. The number of anilines is 2. The Morgan fingerprint density at radius 1 is 1.25 bits per heavy atom. The molecule has 1 fully saturated rings. The van der Waals surface area contributed by atoms with Crippen molar-refractivity contribution in [2.45, 2.75) is 12.8 Å². The van der Waals surface area contributed by atoms with Gasteiger partial charge in [-0.05, 0) is 43.2 Å². The predicted molar refractivity (Wildman–Crippen MR) is 74.5 cm³/mol. The Morgan fingerprint density at radius 2 is 2.05 bits per heavy atom. The Balaban J connectivity index is 1.81. The number of carbonyl (C=O) groups excluding carboxylic acids is 1. The summed E-state index contributed by atoms with van der Waals surface area (Å²) in [5.41, 5.74) is 1.11. The number of furan rings is 1. The van der Waals surface area contributed by atoms with E-state index in [0.717, 1.165) is 31.6 Å². The number of nitrogens with one attached hydrogen (secondary N) is 1. The summed E-state index contributed by atoms with van der Waals surface area (Å²) in [4.78, 5) is 14.1. The fraction of sp³-hybridized carbons (Fsp3) is 0.267. The molecule has 20 heavy (non-hydrogen) atoms. The van der Waals surface area contributed by atoms with Crippen molar-refractivity contribution in [2.75, 3.05) is 23.3 Å². The maximum atomic E-state index is 13.8. The first kappa shape index (κ1) is 12.7. The van der Waals surface area contributed by atoms with Crippen molar-refractivity contribution < 1.29 is 13.6 Å². The van der Waals surface area contributed by atoms with Crippen LogP contribution in [0.4, 0.5) is 15.8 Å². The Morgan fingerprint density at radius 3 is 2.75 bits per heavy atom. The number of carbonyl (C=O) groups is 1. The van der Waals surface area contributed by atoms with Crippen LogP contribution in [0.2, 0.25) is 0 Å². The van der Waals surface area contributed by atoms with Crippen molar-refractivity contribution in [1.82, 2.24) is 0 Å². The molecule has 4 nitrogen and oxygen atoms in total. The topological polar surface area (TPSA) is 45.5 Å². The molecule has 104 valence electrons. The lowest BCUT2D eigenvalue weighted by Gasteiger charge is -2.18. The highest BCUT2D eigenvalue weighted by atomic mass is 19.1. The van der Waals surface area contributed by atoms with E-state index < -0.39 is 11.7 Å². The van der Waals surface area contributed by atoms with Crippen LogP contribution in [0.25, 0.3) is 0 Å². The average molecular weight is 274 g/mol. The van der Waals surface area contributed by atoms with Crippen molar-refractivity contribution in [3.05, 3.63) is 48.2 Å². The van der Waals surface area contributed by atoms with Crippen LogP contribution in [0.3, 0.4) is 0 Å². The second-order valence-electron chi connectivity index (χ2n) is 4.79.